The van der Waals surface area contributed by atoms with E-state index >= 15 is 0 Å². The van der Waals surface area contributed by atoms with Crippen LogP contribution in [0.15, 0.2) is 0 Å². The highest BCUT2D eigenvalue weighted by Crippen LogP contribution is 2.30. The lowest BCUT2D eigenvalue weighted by Gasteiger charge is -2.03. The second-order valence-electron chi connectivity index (χ2n) is 3.28. The van der Waals surface area contributed by atoms with Gasteiger partial charge in [0.1, 0.15) is 10.0 Å². The van der Waals surface area contributed by atoms with Gasteiger partial charge in [-0.3, -0.25) is 4.79 Å². The molecule has 1 unspecified atom stereocenters. The largest absolute Gasteiger partial charge is 0.389 e. The Labute approximate surface area is 85.5 Å². The predicted octanol–water partition coefficient (Wildman–Crippen LogP) is 0.249. The lowest BCUT2D eigenvalue weighted by Crippen LogP contribution is -2.15. The maximum absolute atomic E-state index is 10.9. The molecule has 0 aromatic carbocycles. The van der Waals surface area contributed by atoms with Crippen LogP contribution in [0.25, 0.3) is 0 Å². The lowest BCUT2D eigenvalue weighted by atomic mass is 10.2. The maximum Gasteiger partial charge on any atom is 0.270 e. The first kappa shape index (κ1) is 9.42. The topological polar surface area (TPSA) is 94.0 Å². The fourth-order valence-corrected chi connectivity index (χ4v) is 2.52. The fraction of sp³-hybridized carbons (Fsp3) is 0.500. The molecule has 2 heterocycles. The third-order valence-corrected chi connectivity index (χ3v) is 3.26. The van der Waals surface area contributed by atoms with Crippen molar-refractivity contribution < 1.29 is 4.79 Å². The third-order valence-electron chi connectivity index (χ3n) is 2.26. The summed E-state index contributed by atoms with van der Waals surface area (Å²) in [5.41, 5.74) is 11.0. The number of aromatic nitrogens is 1. The minimum absolute atomic E-state index is 0.207. The van der Waals surface area contributed by atoms with Gasteiger partial charge in [-0.2, -0.15) is 0 Å². The van der Waals surface area contributed by atoms with E-state index in [2.05, 4.69) is 10.3 Å². The summed E-state index contributed by atoms with van der Waals surface area (Å²) in [7, 11) is 0. The molecule has 1 aromatic rings. The Hall–Kier alpha value is -1.14. The smallest absolute Gasteiger partial charge is 0.270 e. The van der Waals surface area contributed by atoms with Crippen molar-refractivity contribution in [2.45, 2.75) is 18.9 Å². The fourth-order valence-electron chi connectivity index (χ4n) is 1.57. The summed E-state index contributed by atoms with van der Waals surface area (Å²) in [6, 6.07) is 0.246. The number of carbonyl (C=O) groups excluding carboxylic acids is 1. The van der Waals surface area contributed by atoms with Crippen LogP contribution in [0.4, 0.5) is 5.00 Å². The van der Waals surface area contributed by atoms with Crippen LogP contribution in [0.1, 0.15) is 34.4 Å². The molecule has 5 nitrogen and oxygen atoms in total. The number of nitrogens with two attached hydrogens (primary N) is 2. The molecule has 0 aliphatic carbocycles. The zero-order valence-corrected chi connectivity index (χ0v) is 8.43. The Balaban J connectivity index is 2.27. The van der Waals surface area contributed by atoms with Gasteiger partial charge in [-0.1, -0.05) is 11.3 Å². The van der Waals surface area contributed by atoms with Crippen molar-refractivity contribution in [3.05, 3.63) is 10.7 Å². The van der Waals surface area contributed by atoms with Gasteiger partial charge >= 0.3 is 0 Å². The van der Waals surface area contributed by atoms with Crippen molar-refractivity contribution in [3.63, 3.8) is 0 Å². The van der Waals surface area contributed by atoms with E-state index in [0.29, 0.717) is 5.00 Å². The van der Waals surface area contributed by atoms with Crippen molar-refractivity contribution in [2.24, 2.45) is 5.73 Å². The predicted molar refractivity (Wildman–Crippen MR) is 55.0 cm³/mol. The molecule has 5 N–H and O–H groups in total. The van der Waals surface area contributed by atoms with Crippen LogP contribution in [0.5, 0.6) is 0 Å². The van der Waals surface area contributed by atoms with Gasteiger partial charge in [0, 0.05) is 0 Å². The molecule has 1 saturated heterocycles. The number of hydrogen-bond acceptors (Lipinski definition) is 5. The zero-order valence-electron chi connectivity index (χ0n) is 7.62. The number of nitrogen functional groups attached to an aromatic ring is 1. The van der Waals surface area contributed by atoms with E-state index in [1.165, 1.54) is 11.3 Å². The molecule has 0 radical (unpaired) electrons. The molecule has 2 rings (SSSR count). The molecule has 1 aliphatic rings. The molecule has 1 amide bonds. The van der Waals surface area contributed by atoms with Crippen LogP contribution in [0, 0.1) is 0 Å². The molecule has 6 heteroatoms. The molecule has 14 heavy (non-hydrogen) atoms. The van der Waals surface area contributed by atoms with E-state index in [1.54, 1.807) is 0 Å². The summed E-state index contributed by atoms with van der Waals surface area (Å²) < 4.78 is 0. The van der Waals surface area contributed by atoms with Crippen molar-refractivity contribution in [3.8, 4) is 0 Å². The van der Waals surface area contributed by atoms with Crippen LogP contribution in [0.3, 0.4) is 0 Å². The van der Waals surface area contributed by atoms with Gasteiger partial charge < -0.3 is 16.8 Å². The molecule has 1 aliphatic heterocycles. The molecule has 1 atom stereocenters. The summed E-state index contributed by atoms with van der Waals surface area (Å²) in [6.45, 7) is 0.996. The summed E-state index contributed by atoms with van der Waals surface area (Å²) in [4.78, 5) is 15.1. The van der Waals surface area contributed by atoms with E-state index in [4.69, 9.17) is 11.5 Å². The molecule has 76 valence electrons. The highest BCUT2D eigenvalue weighted by atomic mass is 32.1. The van der Waals surface area contributed by atoms with Gasteiger partial charge in [0.25, 0.3) is 5.91 Å². The Morgan fingerprint density at radius 3 is 2.93 bits per heavy atom. The zero-order chi connectivity index (χ0) is 10.1. The first-order valence-electron chi connectivity index (χ1n) is 4.48. The Kier molecular flexibility index (Phi) is 2.39. The SMILES string of the molecule is NC(=O)c1nc(C2CCCN2)sc1N. The first-order chi connectivity index (χ1) is 6.68. The number of nitrogens with zero attached hydrogens (tertiary/aromatic N) is 1. The van der Waals surface area contributed by atoms with Crippen molar-refractivity contribution in [2.75, 3.05) is 12.3 Å². The van der Waals surface area contributed by atoms with Crippen molar-refractivity contribution in [1.29, 1.82) is 0 Å². The monoisotopic (exact) mass is 212 g/mol. The summed E-state index contributed by atoms with van der Waals surface area (Å²) in [5.74, 6) is -0.553. The second kappa shape index (κ2) is 3.55. The van der Waals surface area contributed by atoms with Crippen LogP contribution in [0.2, 0.25) is 0 Å². The van der Waals surface area contributed by atoms with E-state index in [9.17, 15) is 4.79 Å². The minimum atomic E-state index is -0.553. The Bertz CT molecular complexity index is 356. The average molecular weight is 212 g/mol. The summed E-state index contributed by atoms with van der Waals surface area (Å²) >= 11 is 1.34. The van der Waals surface area contributed by atoms with Crippen LogP contribution in [-0.4, -0.2) is 17.4 Å². The Morgan fingerprint density at radius 2 is 2.43 bits per heavy atom. The van der Waals surface area contributed by atoms with Crippen molar-refractivity contribution >= 4 is 22.2 Å². The normalized spacial score (nSPS) is 21.3. The van der Waals surface area contributed by atoms with Gasteiger partial charge in [-0.05, 0) is 19.4 Å². The quantitative estimate of drug-likeness (QED) is 0.655. The van der Waals surface area contributed by atoms with Gasteiger partial charge in [-0.15, -0.1) is 0 Å². The highest BCUT2D eigenvalue weighted by molar-refractivity contribution is 7.16. The third kappa shape index (κ3) is 1.58. The molecule has 0 spiro atoms. The molecular formula is C8H12N4OS. The number of hydrogen-bond donors (Lipinski definition) is 3. The minimum Gasteiger partial charge on any atom is -0.389 e. The highest BCUT2D eigenvalue weighted by Gasteiger charge is 2.22. The molecule has 0 bridgehead atoms. The molecule has 1 fully saturated rings. The Morgan fingerprint density at radius 1 is 1.64 bits per heavy atom. The van der Waals surface area contributed by atoms with E-state index < -0.39 is 5.91 Å². The number of thiazole rings is 1. The molecule has 0 saturated carbocycles. The van der Waals surface area contributed by atoms with Crippen LogP contribution in [-0.2, 0) is 0 Å². The van der Waals surface area contributed by atoms with E-state index in [-0.39, 0.29) is 11.7 Å². The van der Waals surface area contributed by atoms with Gasteiger partial charge in [-0.25, -0.2) is 4.98 Å². The number of primary amides is 1. The van der Waals surface area contributed by atoms with Crippen molar-refractivity contribution in [1.82, 2.24) is 10.3 Å². The number of anilines is 1. The first-order valence-corrected chi connectivity index (χ1v) is 5.29. The van der Waals surface area contributed by atoms with Gasteiger partial charge in [0.2, 0.25) is 0 Å². The number of rotatable bonds is 2. The van der Waals surface area contributed by atoms with Gasteiger partial charge in [0.15, 0.2) is 5.69 Å². The maximum atomic E-state index is 10.9. The van der Waals surface area contributed by atoms with Crippen LogP contribution >= 0.6 is 11.3 Å². The number of amides is 1. The molecule has 1 aromatic heterocycles. The molecular weight excluding hydrogens is 200 g/mol. The summed E-state index contributed by atoms with van der Waals surface area (Å²) in [6.07, 6.45) is 2.18. The number of nitrogens with one attached hydrogen (secondary N) is 1. The number of carbonyl (C=O) groups is 1. The van der Waals surface area contributed by atoms with E-state index in [0.717, 1.165) is 24.4 Å². The van der Waals surface area contributed by atoms with Crippen LogP contribution < -0.4 is 16.8 Å². The summed E-state index contributed by atoms with van der Waals surface area (Å²) in [5, 5.41) is 4.58. The average Bonchev–Trinajstić information content (AvgIpc) is 2.70. The van der Waals surface area contributed by atoms with E-state index in [1.807, 2.05) is 0 Å². The standard InChI is InChI=1S/C8H12N4OS/c9-6(13)5-7(10)14-8(12-5)4-2-1-3-11-4/h4,11H,1-3,10H2,(H2,9,13). The second-order valence-corrected chi connectivity index (χ2v) is 4.34. The lowest BCUT2D eigenvalue weighted by molar-refractivity contribution is 0.0997. The van der Waals surface area contributed by atoms with Gasteiger partial charge in [0.05, 0.1) is 6.04 Å².